The van der Waals surface area contributed by atoms with Crippen molar-refractivity contribution in [1.82, 2.24) is 0 Å². The second-order valence-electron chi connectivity index (χ2n) is 7.92. The Balaban J connectivity index is 1.44. The summed E-state index contributed by atoms with van der Waals surface area (Å²) in [5.41, 5.74) is 4.22. The van der Waals surface area contributed by atoms with Gasteiger partial charge in [-0.25, -0.2) is 0 Å². The van der Waals surface area contributed by atoms with Crippen LogP contribution < -0.4 is 0 Å². The van der Waals surface area contributed by atoms with Gasteiger partial charge in [-0.15, -0.1) is 11.3 Å². The van der Waals surface area contributed by atoms with Gasteiger partial charge < -0.3 is 0 Å². The number of fused-ring (bicyclic) bond motifs is 1. The van der Waals surface area contributed by atoms with Gasteiger partial charge in [-0.1, -0.05) is 43.9 Å². The Bertz CT molecular complexity index is 873. The Morgan fingerprint density at radius 3 is 2.63 bits per heavy atom. The number of carbonyl (C=O) groups excluding carboxylic acids is 3. The average Bonchev–Trinajstić information content (AvgIpc) is 3.44. The Morgan fingerprint density at radius 1 is 1.07 bits per heavy atom. The van der Waals surface area contributed by atoms with Crippen LogP contribution in [0.1, 0.15) is 60.0 Å². The first-order chi connectivity index (χ1) is 13.1. The highest BCUT2D eigenvalue weighted by Crippen LogP contribution is 2.34. The molecule has 140 valence electrons. The van der Waals surface area contributed by atoms with Gasteiger partial charge >= 0.3 is 0 Å². The van der Waals surface area contributed by atoms with E-state index in [4.69, 9.17) is 0 Å². The van der Waals surface area contributed by atoms with Crippen molar-refractivity contribution in [3.05, 3.63) is 46.3 Å². The molecule has 1 saturated carbocycles. The standard InChI is InChI=1S/C23H24O3S/c24-13-22(26)19-9-16-6-7-17(10-18(16)11-19)23-12-20(14-27-23)21(25)8-5-15-3-1-2-4-15/h6-7,10,12-15,19H,1-5,8-9,11H2. The van der Waals surface area contributed by atoms with E-state index in [0.29, 0.717) is 25.5 Å². The van der Waals surface area contributed by atoms with Crippen molar-refractivity contribution in [3.63, 3.8) is 0 Å². The van der Waals surface area contributed by atoms with Gasteiger partial charge in [-0.3, -0.25) is 14.4 Å². The second kappa shape index (κ2) is 7.89. The van der Waals surface area contributed by atoms with Crippen LogP contribution in [-0.2, 0) is 22.4 Å². The molecule has 0 saturated heterocycles. The molecule has 2 aliphatic carbocycles. The SMILES string of the molecule is O=CC(=O)C1Cc2ccc(-c3cc(C(=O)CCC4CCCC4)cs3)cc2C1. The molecule has 4 rings (SSSR count). The van der Waals surface area contributed by atoms with Gasteiger partial charge in [0.05, 0.1) is 0 Å². The van der Waals surface area contributed by atoms with E-state index in [1.807, 2.05) is 11.4 Å². The van der Waals surface area contributed by atoms with Crippen molar-refractivity contribution in [3.8, 4) is 10.4 Å². The number of benzene rings is 1. The van der Waals surface area contributed by atoms with Crippen molar-refractivity contribution in [2.24, 2.45) is 11.8 Å². The molecule has 1 aromatic carbocycles. The van der Waals surface area contributed by atoms with Gasteiger partial charge in [0.15, 0.2) is 17.9 Å². The zero-order chi connectivity index (χ0) is 18.8. The molecule has 1 heterocycles. The maximum absolute atomic E-state index is 12.5. The van der Waals surface area contributed by atoms with E-state index in [2.05, 4.69) is 18.2 Å². The zero-order valence-corrected chi connectivity index (χ0v) is 16.2. The normalized spacial score (nSPS) is 19.2. The van der Waals surface area contributed by atoms with E-state index in [-0.39, 0.29) is 17.5 Å². The summed E-state index contributed by atoms with van der Waals surface area (Å²) in [7, 11) is 0. The molecule has 4 heteroatoms. The lowest BCUT2D eigenvalue weighted by molar-refractivity contribution is -0.132. The van der Waals surface area contributed by atoms with E-state index in [1.165, 1.54) is 25.7 Å². The van der Waals surface area contributed by atoms with Gasteiger partial charge in [-0.05, 0) is 47.9 Å². The van der Waals surface area contributed by atoms with Crippen LogP contribution in [0.25, 0.3) is 10.4 Å². The predicted octanol–water partition coefficient (Wildman–Crippen LogP) is 5.05. The summed E-state index contributed by atoms with van der Waals surface area (Å²) in [5, 5.41) is 1.97. The van der Waals surface area contributed by atoms with Crippen LogP contribution in [0.15, 0.2) is 29.6 Å². The van der Waals surface area contributed by atoms with Gasteiger partial charge in [0.1, 0.15) is 0 Å². The van der Waals surface area contributed by atoms with Crippen LogP contribution in [0.5, 0.6) is 0 Å². The summed E-state index contributed by atoms with van der Waals surface area (Å²) in [4.78, 5) is 36.0. The molecule has 1 unspecified atom stereocenters. The average molecular weight is 381 g/mol. The van der Waals surface area contributed by atoms with Crippen LogP contribution >= 0.6 is 11.3 Å². The van der Waals surface area contributed by atoms with Crippen LogP contribution in [0.2, 0.25) is 0 Å². The Morgan fingerprint density at radius 2 is 1.85 bits per heavy atom. The van der Waals surface area contributed by atoms with E-state index in [1.54, 1.807) is 11.3 Å². The molecule has 1 atom stereocenters. The van der Waals surface area contributed by atoms with Gasteiger partial charge in [0, 0.05) is 28.2 Å². The molecule has 2 aromatic rings. The van der Waals surface area contributed by atoms with Crippen molar-refractivity contribution in [1.29, 1.82) is 0 Å². The predicted molar refractivity (Wildman–Crippen MR) is 107 cm³/mol. The lowest BCUT2D eigenvalue weighted by atomic mass is 9.98. The number of Topliss-reactive ketones (excluding diaryl/α,β-unsaturated/α-hetero) is 2. The van der Waals surface area contributed by atoms with Crippen molar-refractivity contribution >= 4 is 29.2 Å². The first kappa shape index (κ1) is 18.3. The summed E-state index contributed by atoms with van der Waals surface area (Å²) in [6.07, 6.45) is 8.62. The largest absolute Gasteiger partial charge is 0.295 e. The topological polar surface area (TPSA) is 51.2 Å². The molecule has 0 bridgehead atoms. The minimum Gasteiger partial charge on any atom is -0.295 e. The first-order valence-corrected chi connectivity index (χ1v) is 10.7. The van der Waals surface area contributed by atoms with E-state index in [0.717, 1.165) is 39.5 Å². The summed E-state index contributed by atoms with van der Waals surface area (Å²) < 4.78 is 0. The fourth-order valence-electron chi connectivity index (χ4n) is 4.48. The third-order valence-corrected chi connectivity index (χ3v) is 7.10. The van der Waals surface area contributed by atoms with E-state index in [9.17, 15) is 14.4 Å². The van der Waals surface area contributed by atoms with Crippen molar-refractivity contribution in [2.75, 3.05) is 0 Å². The highest BCUT2D eigenvalue weighted by molar-refractivity contribution is 7.13. The number of ketones is 2. The maximum Gasteiger partial charge on any atom is 0.198 e. The number of hydrogen-bond donors (Lipinski definition) is 0. The van der Waals surface area contributed by atoms with Crippen LogP contribution in [0.4, 0.5) is 0 Å². The smallest absolute Gasteiger partial charge is 0.198 e. The number of aldehydes is 1. The van der Waals surface area contributed by atoms with E-state index >= 15 is 0 Å². The van der Waals surface area contributed by atoms with Gasteiger partial charge in [0.2, 0.25) is 0 Å². The number of thiophene rings is 1. The maximum atomic E-state index is 12.5. The van der Waals surface area contributed by atoms with Crippen molar-refractivity contribution in [2.45, 2.75) is 51.4 Å². The van der Waals surface area contributed by atoms with E-state index < -0.39 is 0 Å². The summed E-state index contributed by atoms with van der Waals surface area (Å²) in [6, 6.07) is 8.24. The lowest BCUT2D eigenvalue weighted by Gasteiger charge is -2.06. The lowest BCUT2D eigenvalue weighted by Crippen LogP contribution is -2.15. The molecule has 1 fully saturated rings. The fraction of sp³-hybridized carbons (Fsp3) is 0.435. The molecule has 0 radical (unpaired) electrons. The number of rotatable bonds is 7. The van der Waals surface area contributed by atoms with Crippen LogP contribution in [0, 0.1) is 11.8 Å². The molecule has 1 aromatic heterocycles. The quantitative estimate of drug-likeness (QED) is 0.384. The highest BCUT2D eigenvalue weighted by atomic mass is 32.1. The van der Waals surface area contributed by atoms with Gasteiger partial charge in [0.25, 0.3) is 0 Å². The molecular formula is C23H24O3S. The third kappa shape index (κ3) is 3.96. The summed E-state index contributed by atoms with van der Waals surface area (Å²) >= 11 is 1.60. The van der Waals surface area contributed by atoms with Gasteiger partial charge in [-0.2, -0.15) is 0 Å². The number of hydrogen-bond acceptors (Lipinski definition) is 4. The highest BCUT2D eigenvalue weighted by Gasteiger charge is 2.27. The second-order valence-corrected chi connectivity index (χ2v) is 8.83. The molecule has 2 aliphatic rings. The number of carbonyl (C=O) groups is 3. The molecular weight excluding hydrogens is 356 g/mol. The van der Waals surface area contributed by atoms with Crippen LogP contribution in [0.3, 0.4) is 0 Å². The minimum absolute atomic E-state index is 0.205. The third-order valence-electron chi connectivity index (χ3n) is 6.12. The molecule has 3 nitrogen and oxygen atoms in total. The monoisotopic (exact) mass is 380 g/mol. The Kier molecular flexibility index (Phi) is 5.35. The molecule has 0 aliphatic heterocycles. The molecule has 27 heavy (non-hydrogen) atoms. The fourth-order valence-corrected chi connectivity index (χ4v) is 5.39. The molecule has 0 spiro atoms. The summed E-state index contributed by atoms with van der Waals surface area (Å²) in [6.45, 7) is 0. The Hall–Kier alpha value is -2.07. The summed E-state index contributed by atoms with van der Waals surface area (Å²) in [5.74, 6) is 0.482. The molecule has 0 N–H and O–H groups in total. The van der Waals surface area contributed by atoms with Crippen LogP contribution in [-0.4, -0.2) is 17.9 Å². The first-order valence-electron chi connectivity index (χ1n) is 9.87. The molecule has 0 amide bonds. The van der Waals surface area contributed by atoms with Crippen molar-refractivity contribution < 1.29 is 14.4 Å². The Labute approximate surface area is 163 Å². The minimum atomic E-state index is -0.306. The zero-order valence-electron chi connectivity index (χ0n) is 15.4.